The third kappa shape index (κ3) is 4.38. The lowest BCUT2D eigenvalue weighted by Crippen LogP contribution is -2.19. The number of halogens is 6. The summed E-state index contributed by atoms with van der Waals surface area (Å²) < 4.78 is 82.3. The maximum atomic E-state index is 13.1. The van der Waals surface area contributed by atoms with E-state index in [0.29, 0.717) is 12.1 Å². The van der Waals surface area contributed by atoms with Gasteiger partial charge in [-0.15, -0.1) is 0 Å². The summed E-state index contributed by atoms with van der Waals surface area (Å²) >= 11 is 0. The molecule has 2 nitrogen and oxygen atoms in total. The summed E-state index contributed by atoms with van der Waals surface area (Å²) in [6.45, 7) is 2.70. The number of esters is 1. The van der Waals surface area contributed by atoms with Crippen molar-refractivity contribution in [3.05, 3.63) is 34.4 Å². The molecule has 1 aromatic rings. The lowest BCUT2D eigenvalue weighted by Gasteiger charge is -2.19. The molecule has 0 heterocycles. The fraction of sp³-hybridized carbons (Fsp3) is 0.500. The number of ether oxygens (including phenoxy) is 1. The second-order valence-corrected chi connectivity index (χ2v) is 4.50. The van der Waals surface area contributed by atoms with Crippen LogP contribution < -0.4 is 0 Å². The van der Waals surface area contributed by atoms with Gasteiger partial charge in [0.05, 0.1) is 24.2 Å². The average Bonchev–Trinajstić information content (AvgIpc) is 2.35. The molecular formula is C14H14F6O2. The number of aryl methyl sites for hydroxylation is 1. The van der Waals surface area contributed by atoms with Crippen molar-refractivity contribution in [1.82, 2.24) is 0 Å². The average molecular weight is 328 g/mol. The Morgan fingerprint density at radius 1 is 1.00 bits per heavy atom. The number of rotatable bonds is 4. The lowest BCUT2D eigenvalue weighted by molar-refractivity contribution is -0.145. The van der Waals surface area contributed by atoms with Crippen molar-refractivity contribution in [3.8, 4) is 0 Å². The van der Waals surface area contributed by atoms with Gasteiger partial charge in [0.15, 0.2) is 0 Å². The first kappa shape index (κ1) is 18.3. The highest BCUT2D eigenvalue weighted by molar-refractivity contribution is 5.73. The highest BCUT2D eigenvalue weighted by Crippen LogP contribution is 2.39. The number of benzene rings is 1. The summed E-state index contributed by atoms with van der Waals surface area (Å²) in [6.07, 6.45) is -10.7. The van der Waals surface area contributed by atoms with E-state index in [2.05, 4.69) is 4.74 Å². The first-order valence-corrected chi connectivity index (χ1v) is 6.46. The number of hydrogen-bond donors (Lipinski definition) is 0. The van der Waals surface area contributed by atoms with Crippen molar-refractivity contribution in [2.24, 2.45) is 0 Å². The van der Waals surface area contributed by atoms with Crippen molar-refractivity contribution in [1.29, 1.82) is 0 Å². The molecule has 0 fully saturated rings. The van der Waals surface area contributed by atoms with E-state index in [0.717, 1.165) is 0 Å². The maximum absolute atomic E-state index is 13.1. The molecule has 0 saturated carbocycles. The van der Waals surface area contributed by atoms with Crippen LogP contribution in [0.25, 0.3) is 0 Å². The Balaban J connectivity index is 3.49. The van der Waals surface area contributed by atoms with E-state index < -0.39 is 47.0 Å². The molecule has 0 N–H and O–H groups in total. The Hall–Kier alpha value is -1.73. The predicted octanol–water partition coefficient (Wildman–Crippen LogP) is 4.39. The third-order valence-corrected chi connectivity index (χ3v) is 2.93. The van der Waals surface area contributed by atoms with Gasteiger partial charge in [-0.05, 0) is 36.6 Å². The molecule has 22 heavy (non-hydrogen) atoms. The van der Waals surface area contributed by atoms with E-state index in [1.165, 1.54) is 13.8 Å². The normalized spacial score (nSPS) is 12.4. The third-order valence-electron chi connectivity index (χ3n) is 2.93. The molecule has 0 aliphatic rings. The smallest absolute Gasteiger partial charge is 0.416 e. The first-order valence-electron chi connectivity index (χ1n) is 6.46. The highest BCUT2D eigenvalue weighted by Gasteiger charge is 2.39. The summed E-state index contributed by atoms with van der Waals surface area (Å²) in [5.74, 6) is -1.01. The Morgan fingerprint density at radius 3 is 1.95 bits per heavy atom. The van der Waals surface area contributed by atoms with Crippen molar-refractivity contribution >= 4 is 5.97 Å². The summed E-state index contributed by atoms with van der Waals surface area (Å²) in [6, 6.07) is 0.830. The van der Waals surface area contributed by atoms with Gasteiger partial charge in [-0.2, -0.15) is 26.3 Å². The zero-order valence-electron chi connectivity index (χ0n) is 11.9. The molecule has 0 atom stereocenters. The number of alkyl halides is 6. The van der Waals surface area contributed by atoms with Crippen molar-refractivity contribution in [2.75, 3.05) is 6.61 Å². The Labute approximate surface area is 123 Å². The van der Waals surface area contributed by atoms with Gasteiger partial charge in [-0.3, -0.25) is 4.79 Å². The molecule has 0 unspecified atom stereocenters. The predicted molar refractivity (Wildman–Crippen MR) is 66.2 cm³/mol. The van der Waals surface area contributed by atoms with E-state index in [9.17, 15) is 31.1 Å². The van der Waals surface area contributed by atoms with Crippen molar-refractivity contribution in [3.63, 3.8) is 0 Å². The molecule has 0 amide bonds. The molecule has 0 aromatic heterocycles. The maximum Gasteiger partial charge on any atom is 0.416 e. The van der Waals surface area contributed by atoms with E-state index >= 15 is 0 Å². The van der Waals surface area contributed by atoms with Gasteiger partial charge >= 0.3 is 18.3 Å². The number of carbonyl (C=O) groups excluding carboxylic acids is 1. The second kappa shape index (κ2) is 6.58. The van der Waals surface area contributed by atoms with Crippen LogP contribution in [0.1, 0.15) is 36.1 Å². The monoisotopic (exact) mass is 328 g/mol. The first-order chi connectivity index (χ1) is 10.0. The van der Waals surface area contributed by atoms with Crippen LogP contribution in [0, 0.1) is 0 Å². The molecule has 0 saturated heterocycles. The summed E-state index contributed by atoms with van der Waals surface area (Å²) in [4.78, 5) is 11.4. The number of hydrogen-bond acceptors (Lipinski definition) is 2. The molecule has 8 heteroatoms. The van der Waals surface area contributed by atoms with Crippen LogP contribution in [-0.4, -0.2) is 12.6 Å². The van der Waals surface area contributed by atoms with Crippen LogP contribution >= 0.6 is 0 Å². The molecular weight excluding hydrogens is 314 g/mol. The lowest BCUT2D eigenvalue weighted by atomic mass is 9.93. The van der Waals surface area contributed by atoms with Crippen molar-refractivity contribution in [2.45, 2.75) is 39.0 Å². The van der Waals surface area contributed by atoms with Gasteiger partial charge < -0.3 is 4.74 Å². The largest absolute Gasteiger partial charge is 0.466 e. The van der Waals surface area contributed by atoms with Gasteiger partial charge in [0.2, 0.25) is 0 Å². The van der Waals surface area contributed by atoms with Gasteiger partial charge in [0, 0.05) is 0 Å². The quantitative estimate of drug-likeness (QED) is 0.605. The van der Waals surface area contributed by atoms with Crippen molar-refractivity contribution < 1.29 is 35.9 Å². The fourth-order valence-electron chi connectivity index (χ4n) is 2.08. The van der Waals surface area contributed by atoms with Gasteiger partial charge in [-0.25, -0.2) is 0 Å². The Morgan fingerprint density at radius 2 is 1.55 bits per heavy atom. The topological polar surface area (TPSA) is 26.3 Å². The molecule has 1 rings (SSSR count). The Kier molecular flexibility index (Phi) is 5.48. The molecule has 124 valence electrons. The molecule has 0 radical (unpaired) electrons. The van der Waals surface area contributed by atoms with Crippen LogP contribution in [0.3, 0.4) is 0 Å². The highest BCUT2D eigenvalue weighted by atomic mass is 19.4. The van der Waals surface area contributed by atoms with Crippen LogP contribution in [0.2, 0.25) is 0 Å². The van der Waals surface area contributed by atoms with Crippen LogP contribution in [0.5, 0.6) is 0 Å². The molecule has 0 spiro atoms. The zero-order valence-corrected chi connectivity index (χ0v) is 11.9. The standard InChI is InChI=1S/C14H14F6O2/c1-3-8-5-10(13(15,16)17)6-9(7-11(21)22-4-2)12(8)14(18,19)20/h5-6H,3-4,7H2,1-2H3. The Bertz CT molecular complexity index is 545. The van der Waals surface area contributed by atoms with E-state index in [-0.39, 0.29) is 13.0 Å². The van der Waals surface area contributed by atoms with E-state index in [1.54, 1.807) is 0 Å². The summed E-state index contributed by atoms with van der Waals surface area (Å²) in [7, 11) is 0. The van der Waals surface area contributed by atoms with Crippen LogP contribution in [-0.2, 0) is 34.7 Å². The zero-order chi connectivity index (χ0) is 17.1. The van der Waals surface area contributed by atoms with E-state index in [1.807, 2.05) is 0 Å². The SMILES string of the molecule is CCOC(=O)Cc1cc(C(F)(F)F)cc(CC)c1C(F)(F)F. The van der Waals surface area contributed by atoms with Crippen LogP contribution in [0.15, 0.2) is 12.1 Å². The molecule has 0 bridgehead atoms. The second-order valence-electron chi connectivity index (χ2n) is 4.50. The van der Waals surface area contributed by atoms with Gasteiger partial charge in [0.1, 0.15) is 0 Å². The number of carbonyl (C=O) groups is 1. The minimum Gasteiger partial charge on any atom is -0.466 e. The minimum absolute atomic E-state index is 0.0697. The molecule has 1 aromatic carbocycles. The fourth-order valence-corrected chi connectivity index (χ4v) is 2.08. The van der Waals surface area contributed by atoms with Gasteiger partial charge in [-0.1, -0.05) is 6.92 Å². The van der Waals surface area contributed by atoms with Gasteiger partial charge in [0.25, 0.3) is 0 Å². The molecule has 0 aliphatic heterocycles. The summed E-state index contributed by atoms with van der Waals surface area (Å²) in [5, 5.41) is 0. The minimum atomic E-state index is -4.85. The van der Waals surface area contributed by atoms with Crippen LogP contribution in [0.4, 0.5) is 26.3 Å². The van der Waals surface area contributed by atoms with E-state index in [4.69, 9.17) is 0 Å². The summed E-state index contributed by atoms with van der Waals surface area (Å²) in [5.41, 5.74) is -3.63. The molecule has 0 aliphatic carbocycles.